The number of nitrogens with one attached hydrogen (secondary N) is 1. The summed E-state index contributed by atoms with van der Waals surface area (Å²) in [6.07, 6.45) is 5.92. The Morgan fingerprint density at radius 2 is 1.86 bits per heavy atom. The Labute approximate surface area is 166 Å². The average molecular weight is 383 g/mol. The predicted molar refractivity (Wildman–Crippen MR) is 108 cm³/mol. The molecule has 0 spiro atoms. The summed E-state index contributed by atoms with van der Waals surface area (Å²) in [6.45, 7) is 6.04. The van der Waals surface area contributed by atoms with Gasteiger partial charge < -0.3 is 10.2 Å². The quantitative estimate of drug-likeness (QED) is 0.750. The molecule has 28 heavy (non-hydrogen) atoms. The van der Waals surface area contributed by atoms with E-state index in [0.717, 1.165) is 37.3 Å². The molecule has 1 aliphatic heterocycles. The van der Waals surface area contributed by atoms with Crippen molar-refractivity contribution < 1.29 is 9.59 Å². The van der Waals surface area contributed by atoms with Crippen molar-refractivity contribution in [2.75, 3.05) is 39.3 Å². The van der Waals surface area contributed by atoms with Crippen molar-refractivity contribution in [3.63, 3.8) is 0 Å². The van der Waals surface area contributed by atoms with Crippen LogP contribution in [-0.2, 0) is 16.0 Å². The summed E-state index contributed by atoms with van der Waals surface area (Å²) < 4.78 is 1.84. The van der Waals surface area contributed by atoms with Crippen LogP contribution < -0.4 is 5.32 Å². The number of hydrogen-bond donors (Lipinski definition) is 1. The highest BCUT2D eigenvalue weighted by Crippen LogP contribution is 2.11. The van der Waals surface area contributed by atoms with Crippen molar-refractivity contribution >= 4 is 11.8 Å². The number of nitrogens with zero attached hydrogens (tertiary/aromatic N) is 4. The van der Waals surface area contributed by atoms with Crippen LogP contribution in [0.4, 0.5) is 0 Å². The van der Waals surface area contributed by atoms with E-state index in [2.05, 4.69) is 15.3 Å². The normalized spacial score (nSPS) is 14.8. The van der Waals surface area contributed by atoms with Gasteiger partial charge in [0, 0.05) is 45.3 Å². The van der Waals surface area contributed by atoms with Crippen LogP contribution in [0.5, 0.6) is 0 Å². The predicted octanol–water partition coefficient (Wildman–Crippen LogP) is 1.48. The molecule has 1 aromatic heterocycles. The number of carbonyl (C=O) groups is 2. The van der Waals surface area contributed by atoms with Gasteiger partial charge in [-0.3, -0.25) is 14.5 Å². The highest BCUT2D eigenvalue weighted by Gasteiger charge is 2.22. The van der Waals surface area contributed by atoms with Gasteiger partial charge in [0.05, 0.1) is 18.4 Å². The van der Waals surface area contributed by atoms with Gasteiger partial charge in [-0.15, -0.1) is 0 Å². The van der Waals surface area contributed by atoms with Gasteiger partial charge in [0.25, 0.3) is 0 Å². The molecule has 2 heterocycles. The van der Waals surface area contributed by atoms with Crippen molar-refractivity contribution in [3.05, 3.63) is 48.3 Å². The van der Waals surface area contributed by atoms with Gasteiger partial charge in [-0.25, -0.2) is 4.68 Å². The Morgan fingerprint density at radius 3 is 2.57 bits per heavy atom. The number of para-hydroxylation sites is 1. The molecule has 0 radical (unpaired) electrons. The largest absolute Gasteiger partial charge is 0.355 e. The Kier molecular flexibility index (Phi) is 7.19. The molecule has 2 aromatic rings. The van der Waals surface area contributed by atoms with E-state index in [0.29, 0.717) is 32.5 Å². The molecule has 1 saturated heterocycles. The smallest absolute Gasteiger partial charge is 0.234 e. The number of carbonyl (C=O) groups excluding carboxylic acids is 2. The molecule has 2 amide bonds. The van der Waals surface area contributed by atoms with Gasteiger partial charge in [0.2, 0.25) is 11.8 Å². The number of piperazine rings is 1. The summed E-state index contributed by atoms with van der Waals surface area (Å²) in [5.41, 5.74) is 2.07. The Balaban J connectivity index is 1.40. The first-order valence-electron chi connectivity index (χ1n) is 10.0. The molecule has 7 heteroatoms. The van der Waals surface area contributed by atoms with Gasteiger partial charge in [-0.05, 0) is 30.5 Å². The van der Waals surface area contributed by atoms with Crippen molar-refractivity contribution in [2.45, 2.75) is 26.2 Å². The van der Waals surface area contributed by atoms with Crippen LogP contribution in [0.15, 0.2) is 42.7 Å². The summed E-state index contributed by atoms with van der Waals surface area (Å²) in [5.74, 6) is 0.236. The highest BCUT2D eigenvalue weighted by atomic mass is 16.2. The SMILES string of the molecule is CCCNC(=O)CN1CCN(C(=O)CCc2cnn(-c3ccccc3)c2)CC1. The van der Waals surface area contributed by atoms with E-state index < -0.39 is 0 Å². The first-order valence-corrected chi connectivity index (χ1v) is 10.0. The maximum atomic E-state index is 12.5. The molecule has 0 bridgehead atoms. The Bertz CT molecular complexity index is 766. The Hall–Kier alpha value is -2.67. The molecule has 0 unspecified atom stereocenters. The van der Waals surface area contributed by atoms with E-state index in [1.165, 1.54) is 0 Å². The van der Waals surface area contributed by atoms with E-state index in [1.807, 2.05) is 59.2 Å². The molecule has 1 fully saturated rings. The molecule has 0 aliphatic carbocycles. The fourth-order valence-corrected chi connectivity index (χ4v) is 3.30. The number of hydrogen-bond acceptors (Lipinski definition) is 4. The van der Waals surface area contributed by atoms with Crippen LogP contribution in [0.2, 0.25) is 0 Å². The third-order valence-electron chi connectivity index (χ3n) is 4.95. The van der Waals surface area contributed by atoms with Gasteiger partial charge in [0.1, 0.15) is 0 Å². The van der Waals surface area contributed by atoms with Crippen molar-refractivity contribution in [3.8, 4) is 5.69 Å². The third-order valence-corrected chi connectivity index (χ3v) is 4.95. The standard InChI is InChI=1S/C21H29N5O2/c1-2-10-22-20(27)17-24-11-13-25(14-12-24)21(28)9-8-18-15-23-26(16-18)19-6-4-3-5-7-19/h3-7,15-16H,2,8-14,17H2,1H3,(H,22,27). The lowest BCUT2D eigenvalue weighted by molar-refractivity contribution is -0.133. The first kappa shape index (κ1) is 20.1. The number of aromatic nitrogens is 2. The minimum absolute atomic E-state index is 0.0667. The zero-order chi connectivity index (χ0) is 19.8. The number of rotatable bonds is 8. The maximum absolute atomic E-state index is 12.5. The third kappa shape index (κ3) is 5.66. The van der Waals surface area contributed by atoms with Crippen LogP contribution in [-0.4, -0.2) is 70.7 Å². The number of amides is 2. The maximum Gasteiger partial charge on any atom is 0.234 e. The Morgan fingerprint density at radius 1 is 1.11 bits per heavy atom. The van der Waals surface area contributed by atoms with Gasteiger partial charge in [-0.1, -0.05) is 25.1 Å². The summed E-state index contributed by atoms with van der Waals surface area (Å²) in [4.78, 5) is 28.3. The van der Waals surface area contributed by atoms with E-state index in [1.54, 1.807) is 0 Å². The molecule has 1 N–H and O–H groups in total. The van der Waals surface area contributed by atoms with Crippen LogP contribution >= 0.6 is 0 Å². The van der Waals surface area contributed by atoms with Crippen LogP contribution in [0.25, 0.3) is 5.69 Å². The fraction of sp³-hybridized carbons (Fsp3) is 0.476. The average Bonchev–Trinajstić information content (AvgIpc) is 3.21. The molecular weight excluding hydrogens is 354 g/mol. The molecule has 150 valence electrons. The van der Waals surface area contributed by atoms with Crippen LogP contribution in [0.1, 0.15) is 25.3 Å². The van der Waals surface area contributed by atoms with Gasteiger partial charge in [-0.2, -0.15) is 5.10 Å². The molecule has 0 saturated carbocycles. The fourth-order valence-electron chi connectivity index (χ4n) is 3.30. The minimum Gasteiger partial charge on any atom is -0.355 e. The number of benzene rings is 1. The summed E-state index contributed by atoms with van der Waals surface area (Å²) in [5, 5.41) is 7.28. The zero-order valence-corrected chi connectivity index (χ0v) is 16.5. The monoisotopic (exact) mass is 383 g/mol. The van der Waals surface area contributed by atoms with E-state index in [9.17, 15) is 9.59 Å². The summed E-state index contributed by atoms with van der Waals surface area (Å²) in [6, 6.07) is 9.94. The van der Waals surface area contributed by atoms with Gasteiger partial charge >= 0.3 is 0 Å². The second-order valence-corrected chi connectivity index (χ2v) is 7.14. The molecule has 1 aromatic carbocycles. The lowest BCUT2D eigenvalue weighted by Crippen LogP contribution is -2.51. The van der Waals surface area contributed by atoms with Crippen molar-refractivity contribution in [2.24, 2.45) is 0 Å². The minimum atomic E-state index is 0.0667. The lowest BCUT2D eigenvalue weighted by Gasteiger charge is -2.34. The van der Waals surface area contributed by atoms with E-state index in [-0.39, 0.29) is 11.8 Å². The number of aryl methyl sites for hydroxylation is 1. The summed E-state index contributed by atoms with van der Waals surface area (Å²) in [7, 11) is 0. The van der Waals surface area contributed by atoms with E-state index >= 15 is 0 Å². The topological polar surface area (TPSA) is 70.5 Å². The summed E-state index contributed by atoms with van der Waals surface area (Å²) >= 11 is 0. The van der Waals surface area contributed by atoms with Gasteiger partial charge in [0.15, 0.2) is 0 Å². The lowest BCUT2D eigenvalue weighted by atomic mass is 10.1. The van der Waals surface area contributed by atoms with E-state index in [4.69, 9.17) is 0 Å². The van der Waals surface area contributed by atoms with Crippen molar-refractivity contribution in [1.82, 2.24) is 24.9 Å². The zero-order valence-electron chi connectivity index (χ0n) is 16.5. The molecule has 3 rings (SSSR count). The first-order chi connectivity index (χ1) is 13.7. The second kappa shape index (κ2) is 10.0. The van der Waals surface area contributed by atoms with Crippen molar-refractivity contribution in [1.29, 1.82) is 0 Å². The molecule has 1 aliphatic rings. The molecular formula is C21H29N5O2. The highest BCUT2D eigenvalue weighted by molar-refractivity contribution is 5.78. The van der Waals surface area contributed by atoms with Crippen LogP contribution in [0, 0.1) is 0 Å². The molecule has 0 atom stereocenters. The molecule has 7 nitrogen and oxygen atoms in total. The second-order valence-electron chi connectivity index (χ2n) is 7.14. The van der Waals surface area contributed by atoms with Crippen LogP contribution in [0.3, 0.4) is 0 Å².